The van der Waals surface area contributed by atoms with Gasteiger partial charge in [-0.1, -0.05) is 42.5 Å². The van der Waals surface area contributed by atoms with Crippen LogP contribution in [0.3, 0.4) is 0 Å². The molecular formula is C22H20N4. The molecule has 2 aromatic carbocycles. The SMILES string of the molecule is c1ccc(-c2ncc3c(n2)CN(Cc2cccc4[nH]ccc24)CC3)cc1. The van der Waals surface area contributed by atoms with Crippen LogP contribution in [0.5, 0.6) is 0 Å². The van der Waals surface area contributed by atoms with E-state index in [0.29, 0.717) is 0 Å². The Morgan fingerprint density at radius 3 is 2.85 bits per heavy atom. The van der Waals surface area contributed by atoms with Crippen molar-refractivity contribution in [3.8, 4) is 11.4 Å². The first-order chi connectivity index (χ1) is 12.9. The van der Waals surface area contributed by atoms with Gasteiger partial charge in [0.15, 0.2) is 5.82 Å². The van der Waals surface area contributed by atoms with E-state index in [1.54, 1.807) is 0 Å². The topological polar surface area (TPSA) is 44.8 Å². The number of H-pyrrole nitrogens is 1. The van der Waals surface area contributed by atoms with E-state index in [1.807, 2.05) is 30.6 Å². The fraction of sp³-hybridized carbons (Fsp3) is 0.182. The minimum atomic E-state index is 0.818. The van der Waals surface area contributed by atoms with Crippen LogP contribution in [0.2, 0.25) is 0 Å². The van der Waals surface area contributed by atoms with E-state index in [0.717, 1.165) is 43.1 Å². The van der Waals surface area contributed by atoms with Crippen LogP contribution in [-0.4, -0.2) is 26.4 Å². The molecule has 3 heterocycles. The van der Waals surface area contributed by atoms with Gasteiger partial charge in [0.2, 0.25) is 0 Å². The Morgan fingerprint density at radius 1 is 1.00 bits per heavy atom. The predicted octanol–water partition coefficient (Wildman–Crippen LogP) is 4.18. The van der Waals surface area contributed by atoms with Gasteiger partial charge in [-0.05, 0) is 29.7 Å². The number of aromatic amines is 1. The van der Waals surface area contributed by atoms with E-state index in [1.165, 1.54) is 22.0 Å². The molecule has 1 N–H and O–H groups in total. The number of hydrogen-bond acceptors (Lipinski definition) is 3. The molecule has 128 valence electrons. The molecule has 0 radical (unpaired) electrons. The maximum atomic E-state index is 4.87. The second-order valence-electron chi connectivity index (χ2n) is 6.85. The van der Waals surface area contributed by atoms with Crippen LogP contribution in [0.25, 0.3) is 22.3 Å². The first-order valence-corrected chi connectivity index (χ1v) is 9.04. The fourth-order valence-corrected chi connectivity index (χ4v) is 3.75. The number of rotatable bonds is 3. The number of hydrogen-bond donors (Lipinski definition) is 1. The first-order valence-electron chi connectivity index (χ1n) is 9.04. The lowest BCUT2D eigenvalue weighted by Crippen LogP contribution is -2.31. The van der Waals surface area contributed by atoms with Crippen LogP contribution in [0.15, 0.2) is 67.0 Å². The average molecular weight is 340 g/mol. The normalized spacial score (nSPS) is 14.5. The monoisotopic (exact) mass is 340 g/mol. The van der Waals surface area contributed by atoms with Gasteiger partial charge in [0, 0.05) is 48.5 Å². The summed E-state index contributed by atoms with van der Waals surface area (Å²) in [5, 5.41) is 1.31. The van der Waals surface area contributed by atoms with Crippen LogP contribution in [0.1, 0.15) is 16.8 Å². The molecule has 4 heteroatoms. The molecule has 0 spiro atoms. The third-order valence-electron chi connectivity index (χ3n) is 5.14. The highest BCUT2D eigenvalue weighted by molar-refractivity contribution is 5.82. The molecule has 4 nitrogen and oxygen atoms in total. The zero-order valence-electron chi connectivity index (χ0n) is 14.5. The minimum Gasteiger partial charge on any atom is -0.361 e. The third-order valence-corrected chi connectivity index (χ3v) is 5.14. The molecule has 0 amide bonds. The molecule has 2 aromatic heterocycles. The van der Waals surface area contributed by atoms with E-state index in [9.17, 15) is 0 Å². The quantitative estimate of drug-likeness (QED) is 0.608. The molecule has 5 rings (SSSR count). The first kappa shape index (κ1) is 15.3. The zero-order valence-corrected chi connectivity index (χ0v) is 14.5. The largest absolute Gasteiger partial charge is 0.361 e. The number of aromatic nitrogens is 3. The predicted molar refractivity (Wildman–Crippen MR) is 104 cm³/mol. The maximum Gasteiger partial charge on any atom is 0.159 e. The molecule has 4 aromatic rings. The summed E-state index contributed by atoms with van der Waals surface area (Å²) in [6.07, 6.45) is 5.03. The van der Waals surface area contributed by atoms with Crippen molar-refractivity contribution in [3.05, 3.63) is 83.8 Å². The highest BCUT2D eigenvalue weighted by Gasteiger charge is 2.19. The van der Waals surface area contributed by atoms with Gasteiger partial charge in [0.05, 0.1) is 5.69 Å². The van der Waals surface area contributed by atoms with Crippen molar-refractivity contribution in [2.24, 2.45) is 0 Å². The lowest BCUT2D eigenvalue weighted by molar-refractivity contribution is 0.242. The Hall–Kier alpha value is -2.98. The van der Waals surface area contributed by atoms with E-state index in [-0.39, 0.29) is 0 Å². The number of benzene rings is 2. The van der Waals surface area contributed by atoms with Gasteiger partial charge in [0.1, 0.15) is 0 Å². The summed E-state index contributed by atoms with van der Waals surface area (Å²) in [6, 6.07) is 18.9. The molecule has 0 saturated carbocycles. The van der Waals surface area contributed by atoms with Gasteiger partial charge < -0.3 is 4.98 Å². The summed E-state index contributed by atoms with van der Waals surface area (Å²) < 4.78 is 0. The van der Waals surface area contributed by atoms with Crippen molar-refractivity contribution < 1.29 is 0 Å². The molecule has 0 unspecified atom stereocenters. The van der Waals surface area contributed by atoms with Crippen LogP contribution in [-0.2, 0) is 19.5 Å². The fourth-order valence-electron chi connectivity index (χ4n) is 3.75. The van der Waals surface area contributed by atoms with Crippen molar-refractivity contribution in [2.45, 2.75) is 19.5 Å². The molecule has 0 atom stereocenters. The Labute approximate surface area is 152 Å². The van der Waals surface area contributed by atoms with Gasteiger partial charge in [-0.25, -0.2) is 9.97 Å². The third kappa shape index (κ3) is 2.78. The van der Waals surface area contributed by atoms with Gasteiger partial charge in [-0.2, -0.15) is 0 Å². The maximum absolute atomic E-state index is 4.87. The highest BCUT2D eigenvalue weighted by Crippen LogP contribution is 2.24. The van der Waals surface area contributed by atoms with Crippen LogP contribution in [0, 0.1) is 0 Å². The van der Waals surface area contributed by atoms with Crippen LogP contribution < -0.4 is 0 Å². The van der Waals surface area contributed by atoms with E-state index < -0.39 is 0 Å². The van der Waals surface area contributed by atoms with E-state index >= 15 is 0 Å². The van der Waals surface area contributed by atoms with Gasteiger partial charge in [0.25, 0.3) is 0 Å². The van der Waals surface area contributed by atoms with Crippen molar-refractivity contribution in [3.63, 3.8) is 0 Å². The molecule has 1 aliphatic rings. The number of nitrogens with zero attached hydrogens (tertiary/aromatic N) is 3. The molecular weight excluding hydrogens is 320 g/mol. The number of nitrogens with one attached hydrogen (secondary N) is 1. The summed E-state index contributed by atoms with van der Waals surface area (Å²) in [7, 11) is 0. The Balaban J connectivity index is 1.41. The lowest BCUT2D eigenvalue weighted by Gasteiger charge is -2.28. The molecule has 0 saturated heterocycles. The van der Waals surface area contributed by atoms with Gasteiger partial charge in [-0.3, -0.25) is 4.90 Å². The van der Waals surface area contributed by atoms with Crippen molar-refractivity contribution in [1.29, 1.82) is 0 Å². The van der Waals surface area contributed by atoms with E-state index in [4.69, 9.17) is 4.98 Å². The summed E-state index contributed by atoms with van der Waals surface area (Å²) in [5.74, 6) is 0.818. The van der Waals surface area contributed by atoms with Crippen LogP contribution >= 0.6 is 0 Å². The van der Waals surface area contributed by atoms with Gasteiger partial charge in [-0.15, -0.1) is 0 Å². The second-order valence-corrected chi connectivity index (χ2v) is 6.85. The van der Waals surface area contributed by atoms with Crippen molar-refractivity contribution in [2.75, 3.05) is 6.54 Å². The van der Waals surface area contributed by atoms with E-state index in [2.05, 4.69) is 51.3 Å². The molecule has 26 heavy (non-hydrogen) atoms. The summed E-state index contributed by atoms with van der Waals surface area (Å²) >= 11 is 0. The summed E-state index contributed by atoms with van der Waals surface area (Å²) in [6.45, 7) is 2.86. The summed E-state index contributed by atoms with van der Waals surface area (Å²) in [4.78, 5) is 15.2. The Morgan fingerprint density at radius 2 is 1.92 bits per heavy atom. The smallest absolute Gasteiger partial charge is 0.159 e. The van der Waals surface area contributed by atoms with Crippen molar-refractivity contribution >= 4 is 10.9 Å². The molecule has 0 bridgehead atoms. The Kier molecular flexibility index (Phi) is 3.76. The van der Waals surface area contributed by atoms with Crippen molar-refractivity contribution in [1.82, 2.24) is 19.9 Å². The number of fused-ring (bicyclic) bond motifs is 2. The molecule has 1 aliphatic heterocycles. The Bertz CT molecular complexity index is 1050. The zero-order chi connectivity index (χ0) is 17.3. The lowest BCUT2D eigenvalue weighted by atomic mass is 10.0. The van der Waals surface area contributed by atoms with Gasteiger partial charge >= 0.3 is 0 Å². The highest BCUT2D eigenvalue weighted by atomic mass is 15.1. The standard InChI is InChI=1S/C22H20N4/c1-2-5-16(6-3-1)22-24-13-17-10-12-26(15-21(17)25-22)14-18-7-4-8-20-19(18)9-11-23-20/h1-9,11,13,23H,10,12,14-15H2. The minimum absolute atomic E-state index is 0.818. The molecule has 0 fully saturated rings. The van der Waals surface area contributed by atoms with Crippen LogP contribution in [0.4, 0.5) is 0 Å². The average Bonchev–Trinajstić information content (AvgIpc) is 3.18. The molecule has 0 aliphatic carbocycles. The second kappa shape index (κ2) is 6.39. The summed E-state index contributed by atoms with van der Waals surface area (Å²) in [5.41, 5.74) is 6.08.